The Morgan fingerprint density at radius 3 is 2.53 bits per heavy atom. The summed E-state index contributed by atoms with van der Waals surface area (Å²) in [6.45, 7) is 0. The molecular formula is C10H11Cl2NO2. The van der Waals surface area contributed by atoms with Crippen LogP contribution in [0.4, 0.5) is 0 Å². The van der Waals surface area contributed by atoms with Crippen LogP contribution in [-0.2, 0) is 0 Å². The summed E-state index contributed by atoms with van der Waals surface area (Å²) in [5.41, 5.74) is -0.143. The van der Waals surface area contributed by atoms with Crippen molar-refractivity contribution in [2.24, 2.45) is 0 Å². The van der Waals surface area contributed by atoms with Crippen LogP contribution in [0.5, 0.6) is 5.88 Å². The van der Waals surface area contributed by atoms with Gasteiger partial charge < -0.3 is 4.74 Å². The van der Waals surface area contributed by atoms with Crippen LogP contribution in [0.25, 0.3) is 10.8 Å². The second-order valence-electron chi connectivity index (χ2n) is 2.75. The summed E-state index contributed by atoms with van der Waals surface area (Å²) in [7, 11) is 1.54. The smallest absolute Gasteiger partial charge is 0.251 e. The maximum absolute atomic E-state index is 11.1. The van der Waals surface area contributed by atoms with Crippen molar-refractivity contribution in [3.05, 3.63) is 40.7 Å². The molecule has 1 aromatic carbocycles. The summed E-state index contributed by atoms with van der Waals surface area (Å²) in [4.78, 5) is 13.7. The number of fused-ring (bicyclic) bond motifs is 1. The SMILES string of the molecule is COc1[nH]c(=O)cc2ccccc12.Cl.Cl. The highest BCUT2D eigenvalue weighted by Gasteiger charge is 2.00. The molecule has 0 saturated carbocycles. The highest BCUT2D eigenvalue weighted by molar-refractivity contribution is 5.86. The molecule has 0 bridgehead atoms. The van der Waals surface area contributed by atoms with E-state index in [1.807, 2.05) is 24.3 Å². The second-order valence-corrected chi connectivity index (χ2v) is 2.75. The van der Waals surface area contributed by atoms with Crippen molar-refractivity contribution in [1.82, 2.24) is 4.98 Å². The molecule has 82 valence electrons. The molecule has 0 aliphatic heterocycles. The van der Waals surface area contributed by atoms with Crippen molar-refractivity contribution >= 4 is 35.6 Å². The van der Waals surface area contributed by atoms with Gasteiger partial charge in [0.15, 0.2) is 0 Å². The highest BCUT2D eigenvalue weighted by Crippen LogP contribution is 2.19. The third-order valence-electron chi connectivity index (χ3n) is 1.93. The van der Waals surface area contributed by atoms with Gasteiger partial charge in [0.1, 0.15) is 0 Å². The van der Waals surface area contributed by atoms with Crippen molar-refractivity contribution < 1.29 is 4.74 Å². The molecule has 15 heavy (non-hydrogen) atoms. The van der Waals surface area contributed by atoms with Gasteiger partial charge in [-0.2, -0.15) is 0 Å². The summed E-state index contributed by atoms with van der Waals surface area (Å²) >= 11 is 0. The standard InChI is InChI=1S/C10H9NO2.2ClH/c1-13-10-8-5-3-2-4-7(8)6-9(12)11-10;;/h2-6H,1H3,(H,11,12);2*1H. The first-order valence-corrected chi connectivity index (χ1v) is 3.97. The molecule has 0 atom stereocenters. The fourth-order valence-corrected chi connectivity index (χ4v) is 1.35. The molecule has 0 saturated heterocycles. The fourth-order valence-electron chi connectivity index (χ4n) is 1.35. The molecule has 0 amide bonds. The van der Waals surface area contributed by atoms with Crippen molar-refractivity contribution in [2.45, 2.75) is 0 Å². The van der Waals surface area contributed by atoms with Crippen LogP contribution in [0.1, 0.15) is 0 Å². The van der Waals surface area contributed by atoms with Crippen LogP contribution < -0.4 is 10.3 Å². The highest BCUT2D eigenvalue weighted by atomic mass is 35.5. The Morgan fingerprint density at radius 2 is 1.87 bits per heavy atom. The minimum atomic E-state index is -0.143. The Hall–Kier alpha value is -1.19. The van der Waals surface area contributed by atoms with Crippen molar-refractivity contribution in [3.63, 3.8) is 0 Å². The van der Waals surface area contributed by atoms with Crippen LogP contribution in [0.3, 0.4) is 0 Å². The first-order chi connectivity index (χ1) is 6.31. The Kier molecular flexibility index (Phi) is 5.19. The number of aromatic nitrogens is 1. The number of nitrogens with one attached hydrogen (secondary N) is 1. The van der Waals surface area contributed by atoms with Crippen molar-refractivity contribution in [1.29, 1.82) is 0 Å². The Labute approximate surface area is 99.3 Å². The molecule has 2 rings (SSSR count). The van der Waals surface area contributed by atoms with Gasteiger partial charge in [-0.05, 0) is 11.5 Å². The Morgan fingerprint density at radius 1 is 1.20 bits per heavy atom. The van der Waals surface area contributed by atoms with E-state index in [0.717, 1.165) is 10.8 Å². The van der Waals surface area contributed by atoms with Gasteiger partial charge in [0.05, 0.1) is 7.11 Å². The minimum Gasteiger partial charge on any atom is -0.482 e. The van der Waals surface area contributed by atoms with E-state index in [-0.39, 0.29) is 30.4 Å². The maximum Gasteiger partial charge on any atom is 0.251 e. The van der Waals surface area contributed by atoms with Crippen molar-refractivity contribution in [3.8, 4) is 5.88 Å². The average Bonchev–Trinajstić information content (AvgIpc) is 2.16. The molecule has 1 aromatic heterocycles. The van der Waals surface area contributed by atoms with Gasteiger partial charge in [-0.25, -0.2) is 0 Å². The van der Waals surface area contributed by atoms with Crippen LogP contribution in [0, 0.1) is 0 Å². The first-order valence-electron chi connectivity index (χ1n) is 3.97. The lowest BCUT2D eigenvalue weighted by Crippen LogP contribution is -2.05. The predicted molar refractivity (Wildman–Crippen MR) is 65.6 cm³/mol. The van der Waals surface area contributed by atoms with E-state index in [9.17, 15) is 4.79 Å². The molecule has 0 spiro atoms. The molecule has 0 aliphatic carbocycles. The van der Waals surface area contributed by atoms with E-state index < -0.39 is 0 Å². The predicted octanol–water partition coefficient (Wildman–Crippen LogP) is 2.38. The van der Waals surface area contributed by atoms with E-state index >= 15 is 0 Å². The Bertz CT molecular complexity index is 496. The quantitative estimate of drug-likeness (QED) is 0.841. The third-order valence-corrected chi connectivity index (χ3v) is 1.93. The average molecular weight is 248 g/mol. The molecular weight excluding hydrogens is 237 g/mol. The maximum atomic E-state index is 11.1. The van der Waals surface area contributed by atoms with Crippen LogP contribution >= 0.6 is 24.8 Å². The molecule has 0 aliphatic rings. The first kappa shape index (κ1) is 13.8. The zero-order valence-corrected chi connectivity index (χ0v) is 9.65. The lowest BCUT2D eigenvalue weighted by atomic mass is 10.2. The third kappa shape index (κ3) is 2.64. The molecule has 5 heteroatoms. The molecule has 0 radical (unpaired) electrons. The zero-order valence-electron chi connectivity index (χ0n) is 8.02. The monoisotopic (exact) mass is 247 g/mol. The minimum absolute atomic E-state index is 0. The number of hydrogen-bond donors (Lipinski definition) is 1. The molecule has 2 aromatic rings. The van der Waals surface area contributed by atoms with Gasteiger partial charge in [0.25, 0.3) is 5.56 Å². The number of methoxy groups -OCH3 is 1. The number of H-pyrrole nitrogens is 1. The lowest BCUT2D eigenvalue weighted by molar-refractivity contribution is 0.402. The molecule has 0 fully saturated rings. The topological polar surface area (TPSA) is 42.1 Å². The number of rotatable bonds is 1. The van der Waals surface area contributed by atoms with E-state index in [0.29, 0.717) is 5.88 Å². The summed E-state index contributed by atoms with van der Waals surface area (Å²) in [5, 5.41) is 1.81. The number of benzene rings is 1. The fraction of sp³-hybridized carbons (Fsp3) is 0.100. The summed E-state index contributed by atoms with van der Waals surface area (Å²) in [6.07, 6.45) is 0. The summed E-state index contributed by atoms with van der Waals surface area (Å²) in [6, 6.07) is 9.14. The van der Waals surface area contributed by atoms with E-state index in [1.54, 1.807) is 6.07 Å². The number of aromatic amines is 1. The van der Waals surface area contributed by atoms with Crippen LogP contribution in [0.2, 0.25) is 0 Å². The van der Waals surface area contributed by atoms with E-state index in [4.69, 9.17) is 4.74 Å². The van der Waals surface area contributed by atoms with Crippen LogP contribution in [0.15, 0.2) is 35.1 Å². The van der Waals surface area contributed by atoms with Crippen LogP contribution in [-0.4, -0.2) is 12.1 Å². The Balaban J connectivity index is 0.000000980. The van der Waals surface area contributed by atoms with Gasteiger partial charge in [0, 0.05) is 11.5 Å². The molecule has 0 unspecified atom stereocenters. The van der Waals surface area contributed by atoms with Gasteiger partial charge in [-0.3, -0.25) is 9.78 Å². The molecule has 1 N–H and O–H groups in total. The van der Waals surface area contributed by atoms with Crippen molar-refractivity contribution in [2.75, 3.05) is 7.11 Å². The molecule has 1 heterocycles. The van der Waals surface area contributed by atoms with Gasteiger partial charge in [-0.1, -0.05) is 18.2 Å². The second kappa shape index (κ2) is 5.63. The number of ether oxygens (including phenoxy) is 1. The van der Waals surface area contributed by atoms with E-state index in [1.165, 1.54) is 7.11 Å². The number of hydrogen-bond acceptors (Lipinski definition) is 2. The number of halogens is 2. The number of pyridine rings is 1. The molecule has 3 nitrogen and oxygen atoms in total. The van der Waals surface area contributed by atoms with E-state index in [2.05, 4.69) is 4.98 Å². The van der Waals surface area contributed by atoms with Gasteiger partial charge >= 0.3 is 0 Å². The normalized spacial score (nSPS) is 8.87. The zero-order chi connectivity index (χ0) is 9.26. The van der Waals surface area contributed by atoms with Gasteiger partial charge in [-0.15, -0.1) is 24.8 Å². The summed E-state index contributed by atoms with van der Waals surface area (Å²) in [5.74, 6) is 0.517. The lowest BCUT2D eigenvalue weighted by Gasteiger charge is -2.03. The van der Waals surface area contributed by atoms with Gasteiger partial charge in [0.2, 0.25) is 5.88 Å². The summed E-state index contributed by atoms with van der Waals surface area (Å²) < 4.78 is 5.05. The largest absolute Gasteiger partial charge is 0.482 e.